The van der Waals surface area contributed by atoms with Crippen LogP contribution in [-0.4, -0.2) is 29.5 Å². The van der Waals surface area contributed by atoms with Gasteiger partial charge in [0.25, 0.3) is 0 Å². The number of ketones is 1. The molecule has 0 aliphatic carbocycles. The topological polar surface area (TPSA) is 98.9 Å². The van der Waals surface area contributed by atoms with Crippen molar-refractivity contribution in [1.82, 2.24) is 0 Å². The Morgan fingerprint density at radius 1 is 1.35 bits per heavy atom. The minimum atomic E-state index is -0.747. The molecule has 0 unspecified atom stereocenters. The molecule has 3 rings (SSSR count). The first-order valence-corrected chi connectivity index (χ1v) is 7.63. The summed E-state index contributed by atoms with van der Waals surface area (Å²) in [6, 6.07) is 6.20. The number of phenols is 1. The van der Waals surface area contributed by atoms with E-state index in [1.807, 2.05) is 0 Å². The Labute approximate surface area is 147 Å². The van der Waals surface area contributed by atoms with E-state index in [1.165, 1.54) is 31.4 Å². The first kappa shape index (κ1) is 17.4. The van der Waals surface area contributed by atoms with E-state index in [0.717, 1.165) is 12.1 Å². The standard InChI is InChI=1S/C18H14FNO6/c1-25-16-8-10(7-14(18(16)22)20(23)24)6-11-4-5-26-15-3-2-12(19)9-13(15)17(11)21/h2-3,6-9,22H,4-5H2,1H3/b11-6+. The van der Waals surface area contributed by atoms with Crippen molar-refractivity contribution in [3.8, 4) is 17.2 Å². The van der Waals surface area contributed by atoms with Crippen LogP contribution in [0.2, 0.25) is 0 Å². The van der Waals surface area contributed by atoms with Crippen LogP contribution in [0.1, 0.15) is 22.3 Å². The highest BCUT2D eigenvalue weighted by Crippen LogP contribution is 2.38. The van der Waals surface area contributed by atoms with E-state index in [9.17, 15) is 24.4 Å². The SMILES string of the molecule is COc1cc(/C=C2\CCOc3ccc(F)cc3C2=O)cc([N+](=O)[O-])c1O. The Morgan fingerprint density at radius 2 is 2.12 bits per heavy atom. The summed E-state index contributed by atoms with van der Waals surface area (Å²) in [5.41, 5.74) is 0.153. The van der Waals surface area contributed by atoms with Gasteiger partial charge in [0.2, 0.25) is 5.75 Å². The van der Waals surface area contributed by atoms with Crippen LogP contribution >= 0.6 is 0 Å². The molecule has 1 aliphatic heterocycles. The van der Waals surface area contributed by atoms with Crippen LogP contribution in [0.4, 0.5) is 10.1 Å². The molecule has 1 aliphatic rings. The van der Waals surface area contributed by atoms with Crippen molar-refractivity contribution in [1.29, 1.82) is 0 Å². The van der Waals surface area contributed by atoms with Crippen molar-refractivity contribution in [2.24, 2.45) is 0 Å². The summed E-state index contributed by atoms with van der Waals surface area (Å²) in [5.74, 6) is -1.39. The fourth-order valence-corrected chi connectivity index (χ4v) is 2.69. The highest BCUT2D eigenvalue weighted by atomic mass is 19.1. The minimum absolute atomic E-state index is 0.0881. The van der Waals surface area contributed by atoms with Gasteiger partial charge in [-0.3, -0.25) is 14.9 Å². The van der Waals surface area contributed by atoms with E-state index < -0.39 is 28.0 Å². The summed E-state index contributed by atoms with van der Waals surface area (Å²) >= 11 is 0. The molecule has 0 saturated heterocycles. The quantitative estimate of drug-likeness (QED) is 0.512. The number of hydrogen-bond acceptors (Lipinski definition) is 6. The number of nitro benzene ring substituents is 1. The van der Waals surface area contributed by atoms with Crippen LogP contribution in [0, 0.1) is 15.9 Å². The molecule has 0 radical (unpaired) electrons. The van der Waals surface area contributed by atoms with Crippen molar-refractivity contribution >= 4 is 17.5 Å². The summed E-state index contributed by atoms with van der Waals surface area (Å²) in [6.45, 7) is 0.202. The second-order valence-corrected chi connectivity index (χ2v) is 5.59. The van der Waals surface area contributed by atoms with Gasteiger partial charge in [0.1, 0.15) is 11.6 Å². The molecule has 2 aromatic rings. The zero-order valence-electron chi connectivity index (χ0n) is 13.7. The minimum Gasteiger partial charge on any atom is -0.500 e. The summed E-state index contributed by atoms with van der Waals surface area (Å²) in [7, 11) is 1.26. The van der Waals surface area contributed by atoms with Crippen LogP contribution in [0.15, 0.2) is 35.9 Å². The van der Waals surface area contributed by atoms with Crippen LogP contribution in [0.25, 0.3) is 6.08 Å². The molecule has 134 valence electrons. The zero-order chi connectivity index (χ0) is 18.8. The van der Waals surface area contributed by atoms with E-state index in [0.29, 0.717) is 11.1 Å². The van der Waals surface area contributed by atoms with Crippen LogP contribution < -0.4 is 9.47 Å². The number of aromatic hydroxyl groups is 1. The fourth-order valence-electron chi connectivity index (χ4n) is 2.69. The second kappa shape index (κ2) is 6.83. The molecule has 0 saturated carbocycles. The summed E-state index contributed by atoms with van der Waals surface area (Å²) in [4.78, 5) is 23.1. The van der Waals surface area contributed by atoms with Gasteiger partial charge in [-0.05, 0) is 35.9 Å². The van der Waals surface area contributed by atoms with Crippen LogP contribution in [0.3, 0.4) is 0 Å². The molecule has 0 spiro atoms. The van der Waals surface area contributed by atoms with Crippen LogP contribution in [0.5, 0.6) is 17.2 Å². The summed E-state index contributed by atoms with van der Waals surface area (Å²) < 4.78 is 23.9. The van der Waals surface area contributed by atoms with Gasteiger partial charge in [-0.2, -0.15) is 0 Å². The zero-order valence-corrected chi connectivity index (χ0v) is 13.7. The Balaban J connectivity index is 2.08. The summed E-state index contributed by atoms with van der Waals surface area (Å²) in [5, 5.41) is 20.9. The van der Waals surface area contributed by atoms with Gasteiger partial charge in [0.05, 0.1) is 24.2 Å². The maximum Gasteiger partial charge on any atom is 0.315 e. The fraction of sp³-hybridized carbons (Fsp3) is 0.167. The van der Waals surface area contributed by atoms with Crippen molar-refractivity contribution in [3.05, 3.63) is 63.0 Å². The Morgan fingerprint density at radius 3 is 2.81 bits per heavy atom. The molecule has 0 fully saturated rings. The van der Waals surface area contributed by atoms with Crippen molar-refractivity contribution in [3.63, 3.8) is 0 Å². The Kier molecular flexibility index (Phi) is 4.57. The summed E-state index contributed by atoms with van der Waals surface area (Å²) in [6.07, 6.45) is 1.69. The number of fused-ring (bicyclic) bond motifs is 1. The molecular weight excluding hydrogens is 345 g/mol. The lowest BCUT2D eigenvalue weighted by atomic mass is 9.98. The van der Waals surface area contributed by atoms with Crippen molar-refractivity contribution in [2.75, 3.05) is 13.7 Å². The van der Waals surface area contributed by atoms with Gasteiger partial charge in [-0.15, -0.1) is 0 Å². The number of halogens is 1. The third kappa shape index (κ3) is 3.21. The van der Waals surface area contributed by atoms with Crippen LogP contribution in [-0.2, 0) is 0 Å². The highest BCUT2D eigenvalue weighted by Gasteiger charge is 2.23. The average Bonchev–Trinajstić information content (AvgIpc) is 2.76. The molecule has 0 bridgehead atoms. The largest absolute Gasteiger partial charge is 0.500 e. The predicted molar refractivity (Wildman–Crippen MR) is 90.1 cm³/mol. The molecule has 1 N–H and O–H groups in total. The van der Waals surface area contributed by atoms with Gasteiger partial charge in [0, 0.05) is 18.1 Å². The maximum absolute atomic E-state index is 13.5. The monoisotopic (exact) mass is 359 g/mol. The second-order valence-electron chi connectivity index (χ2n) is 5.59. The number of carbonyl (C=O) groups excluding carboxylic acids is 1. The lowest BCUT2D eigenvalue weighted by Crippen LogP contribution is -2.03. The van der Waals surface area contributed by atoms with E-state index in [2.05, 4.69) is 0 Å². The van der Waals surface area contributed by atoms with Gasteiger partial charge in [0.15, 0.2) is 11.5 Å². The third-order valence-corrected chi connectivity index (χ3v) is 3.94. The molecule has 0 aromatic heterocycles. The normalized spacial score (nSPS) is 15.2. The number of benzene rings is 2. The molecular formula is C18H14FNO6. The number of methoxy groups -OCH3 is 1. The van der Waals surface area contributed by atoms with Gasteiger partial charge >= 0.3 is 5.69 Å². The number of rotatable bonds is 3. The number of ether oxygens (including phenoxy) is 2. The lowest BCUT2D eigenvalue weighted by Gasteiger charge is -2.07. The molecule has 7 nitrogen and oxygen atoms in total. The van der Waals surface area contributed by atoms with E-state index in [-0.39, 0.29) is 30.1 Å². The van der Waals surface area contributed by atoms with Crippen molar-refractivity contribution in [2.45, 2.75) is 6.42 Å². The number of nitro groups is 1. The van der Waals surface area contributed by atoms with Gasteiger partial charge in [-0.25, -0.2) is 4.39 Å². The molecule has 0 amide bonds. The Bertz CT molecular complexity index is 938. The first-order valence-electron chi connectivity index (χ1n) is 7.63. The third-order valence-electron chi connectivity index (χ3n) is 3.94. The van der Waals surface area contributed by atoms with Crippen molar-refractivity contribution < 1.29 is 28.7 Å². The average molecular weight is 359 g/mol. The molecule has 2 aromatic carbocycles. The highest BCUT2D eigenvalue weighted by molar-refractivity contribution is 6.13. The Hall–Kier alpha value is -3.42. The maximum atomic E-state index is 13.5. The molecule has 8 heteroatoms. The molecule has 1 heterocycles. The predicted octanol–water partition coefficient (Wildman–Crippen LogP) is 3.50. The number of carbonyl (C=O) groups is 1. The number of Topliss-reactive ketones (excluding diaryl/α,β-unsaturated/α-hetero) is 1. The number of nitrogens with zero attached hydrogens (tertiary/aromatic N) is 1. The van der Waals surface area contributed by atoms with E-state index in [1.54, 1.807) is 0 Å². The van der Waals surface area contributed by atoms with E-state index in [4.69, 9.17) is 9.47 Å². The lowest BCUT2D eigenvalue weighted by molar-refractivity contribution is -0.386. The number of hydrogen-bond donors (Lipinski definition) is 1. The van der Waals surface area contributed by atoms with Gasteiger partial charge in [-0.1, -0.05) is 0 Å². The van der Waals surface area contributed by atoms with Gasteiger partial charge < -0.3 is 14.6 Å². The van der Waals surface area contributed by atoms with E-state index >= 15 is 0 Å². The first-order chi connectivity index (χ1) is 12.4. The molecule has 0 atom stereocenters. The molecule has 26 heavy (non-hydrogen) atoms. The smallest absolute Gasteiger partial charge is 0.315 e. The number of phenolic OH excluding ortho intramolecular Hbond substituents is 1.